The Bertz CT molecular complexity index is 1600. The average molecular weight is 419 g/mol. The van der Waals surface area contributed by atoms with Crippen molar-refractivity contribution in [1.82, 2.24) is 10.1 Å². The predicted molar refractivity (Wildman–Crippen MR) is 129 cm³/mol. The van der Waals surface area contributed by atoms with Crippen molar-refractivity contribution in [2.24, 2.45) is 7.05 Å². The molecule has 0 atom stereocenters. The molecule has 2 heterocycles. The molecule has 0 N–H and O–H groups in total. The first-order valence-electron chi connectivity index (χ1n) is 10.3. The number of fused-ring (bicyclic) bond motifs is 3. The lowest BCUT2D eigenvalue weighted by molar-refractivity contribution is -0.720. The molecule has 3 nitrogen and oxygen atoms in total. The Morgan fingerprint density at radius 3 is 2.19 bits per heavy atom. The van der Waals surface area contributed by atoms with Crippen molar-refractivity contribution in [1.29, 1.82) is 0 Å². The van der Waals surface area contributed by atoms with E-state index in [-0.39, 0.29) is 0 Å². The third-order valence-electron chi connectivity index (χ3n) is 5.97. The van der Waals surface area contributed by atoms with Crippen LogP contribution in [-0.2, 0) is 7.05 Å². The van der Waals surface area contributed by atoms with E-state index in [0.29, 0.717) is 0 Å². The fourth-order valence-corrected chi connectivity index (χ4v) is 5.16. The SMILES string of the molecule is Cc1c(-c2nc3cc4ccccc4cc3n[n+]2C)cc(-c2cccs2)c2ccccc12. The van der Waals surface area contributed by atoms with Gasteiger partial charge in [-0.2, -0.15) is 0 Å². The summed E-state index contributed by atoms with van der Waals surface area (Å²) in [4.78, 5) is 6.35. The van der Waals surface area contributed by atoms with Crippen LogP contribution < -0.4 is 4.68 Å². The molecule has 0 aliphatic heterocycles. The van der Waals surface area contributed by atoms with Crippen molar-refractivity contribution in [2.45, 2.75) is 6.92 Å². The number of aryl methyl sites for hydroxylation is 2. The second-order valence-corrected chi connectivity index (χ2v) is 8.81. The average Bonchev–Trinajstić information content (AvgIpc) is 3.33. The Morgan fingerprint density at radius 2 is 1.45 bits per heavy atom. The topological polar surface area (TPSA) is 29.7 Å². The number of hydrogen-bond donors (Lipinski definition) is 0. The van der Waals surface area contributed by atoms with E-state index in [4.69, 9.17) is 10.1 Å². The summed E-state index contributed by atoms with van der Waals surface area (Å²) in [5, 5.41) is 11.9. The minimum Gasteiger partial charge on any atom is -0.144 e. The predicted octanol–water partition coefficient (Wildman–Crippen LogP) is 6.46. The molecule has 0 bridgehead atoms. The van der Waals surface area contributed by atoms with Crippen molar-refractivity contribution < 1.29 is 4.68 Å². The Morgan fingerprint density at radius 1 is 0.742 bits per heavy atom. The van der Waals surface area contributed by atoms with Gasteiger partial charge in [0.25, 0.3) is 0 Å². The lowest BCUT2D eigenvalue weighted by Gasteiger charge is -2.12. The van der Waals surface area contributed by atoms with E-state index >= 15 is 0 Å². The second-order valence-electron chi connectivity index (χ2n) is 7.87. The Labute approximate surface area is 184 Å². The van der Waals surface area contributed by atoms with Crippen LogP contribution in [0.5, 0.6) is 0 Å². The van der Waals surface area contributed by atoms with Gasteiger partial charge in [0.05, 0.1) is 5.56 Å². The van der Waals surface area contributed by atoms with Gasteiger partial charge in [-0.3, -0.25) is 0 Å². The number of nitrogens with zero attached hydrogens (tertiary/aromatic N) is 3. The molecule has 0 aliphatic rings. The van der Waals surface area contributed by atoms with Gasteiger partial charge in [-0.15, -0.1) is 16.0 Å². The van der Waals surface area contributed by atoms with Crippen molar-refractivity contribution >= 4 is 43.9 Å². The highest BCUT2D eigenvalue weighted by Gasteiger charge is 2.22. The third-order valence-corrected chi connectivity index (χ3v) is 6.88. The van der Waals surface area contributed by atoms with Gasteiger partial charge in [-0.25, -0.2) is 0 Å². The van der Waals surface area contributed by atoms with Crippen LogP contribution in [0, 0.1) is 6.92 Å². The molecule has 0 spiro atoms. The molecule has 0 radical (unpaired) electrons. The van der Waals surface area contributed by atoms with Gasteiger partial charge in [0, 0.05) is 10.4 Å². The van der Waals surface area contributed by atoms with Crippen LogP contribution in [0.3, 0.4) is 0 Å². The van der Waals surface area contributed by atoms with Gasteiger partial charge < -0.3 is 0 Å². The summed E-state index contributed by atoms with van der Waals surface area (Å²) in [6.07, 6.45) is 0. The molecule has 0 saturated carbocycles. The van der Waals surface area contributed by atoms with E-state index in [1.165, 1.54) is 37.5 Å². The van der Waals surface area contributed by atoms with Crippen LogP contribution in [0.1, 0.15) is 5.56 Å². The lowest BCUT2D eigenvalue weighted by Crippen LogP contribution is -2.37. The molecule has 148 valence electrons. The molecule has 4 heteroatoms. The summed E-state index contributed by atoms with van der Waals surface area (Å²) in [6, 6.07) is 27.8. The van der Waals surface area contributed by atoms with Crippen LogP contribution in [-0.4, -0.2) is 10.1 Å². The summed E-state index contributed by atoms with van der Waals surface area (Å²) in [5.74, 6) is 0.879. The molecule has 31 heavy (non-hydrogen) atoms. The van der Waals surface area contributed by atoms with E-state index in [1.54, 1.807) is 11.3 Å². The van der Waals surface area contributed by atoms with E-state index < -0.39 is 0 Å². The molecular formula is C27H20N3S+. The van der Waals surface area contributed by atoms with E-state index in [2.05, 4.69) is 91.2 Å². The lowest BCUT2D eigenvalue weighted by atomic mass is 9.94. The first kappa shape index (κ1) is 18.2. The van der Waals surface area contributed by atoms with Crippen LogP contribution in [0.2, 0.25) is 0 Å². The number of thiophene rings is 1. The molecule has 2 aromatic heterocycles. The molecule has 0 aliphatic carbocycles. The second kappa shape index (κ2) is 6.96. The molecular weight excluding hydrogens is 398 g/mol. The number of benzene rings is 4. The van der Waals surface area contributed by atoms with E-state index in [0.717, 1.165) is 22.4 Å². The highest BCUT2D eigenvalue weighted by Crippen LogP contribution is 2.38. The monoisotopic (exact) mass is 418 g/mol. The highest BCUT2D eigenvalue weighted by molar-refractivity contribution is 7.13. The Kier molecular flexibility index (Phi) is 4.08. The Balaban J connectivity index is 1.67. The smallest absolute Gasteiger partial charge is 0.144 e. The van der Waals surface area contributed by atoms with Crippen molar-refractivity contribution in [2.75, 3.05) is 0 Å². The quantitative estimate of drug-likeness (QED) is 0.238. The van der Waals surface area contributed by atoms with E-state index in [9.17, 15) is 0 Å². The standard InChI is InChI=1S/C27H20N3S/c1-17-20-10-5-6-11-21(20)23(26-12-7-13-31-26)16-22(17)27-28-24-14-18-8-3-4-9-19(18)15-25(24)29-30(27)2/h3-16H,1-2H3/q+1. The summed E-state index contributed by atoms with van der Waals surface area (Å²) >= 11 is 1.77. The van der Waals surface area contributed by atoms with Crippen molar-refractivity contribution in [3.8, 4) is 21.8 Å². The van der Waals surface area contributed by atoms with Crippen LogP contribution >= 0.6 is 11.3 Å². The zero-order chi connectivity index (χ0) is 20.9. The maximum absolute atomic E-state index is 5.09. The van der Waals surface area contributed by atoms with Crippen LogP contribution in [0.15, 0.2) is 84.2 Å². The van der Waals surface area contributed by atoms with Crippen molar-refractivity contribution in [3.05, 3.63) is 89.8 Å². The van der Waals surface area contributed by atoms with Gasteiger partial charge >= 0.3 is 5.82 Å². The van der Waals surface area contributed by atoms with Gasteiger partial charge in [-0.1, -0.05) is 59.7 Å². The third kappa shape index (κ3) is 2.91. The van der Waals surface area contributed by atoms with Gasteiger partial charge in [0.2, 0.25) is 5.52 Å². The maximum atomic E-state index is 5.09. The molecule has 6 rings (SSSR count). The minimum atomic E-state index is 0.879. The van der Waals surface area contributed by atoms with Crippen LogP contribution in [0.4, 0.5) is 0 Å². The first-order chi connectivity index (χ1) is 15.2. The summed E-state index contributed by atoms with van der Waals surface area (Å²) < 4.78 is 1.91. The Hall–Kier alpha value is -3.63. The number of hydrogen-bond acceptors (Lipinski definition) is 3. The maximum Gasteiger partial charge on any atom is 0.351 e. The molecule has 0 unspecified atom stereocenters. The highest BCUT2D eigenvalue weighted by atomic mass is 32.1. The summed E-state index contributed by atoms with van der Waals surface area (Å²) in [7, 11) is 1.98. The summed E-state index contributed by atoms with van der Waals surface area (Å²) in [5.41, 5.74) is 5.40. The zero-order valence-electron chi connectivity index (χ0n) is 17.3. The van der Waals surface area contributed by atoms with E-state index in [1.807, 2.05) is 11.7 Å². The van der Waals surface area contributed by atoms with Gasteiger partial charge in [0.15, 0.2) is 5.52 Å². The van der Waals surface area contributed by atoms with Crippen molar-refractivity contribution in [3.63, 3.8) is 0 Å². The zero-order valence-corrected chi connectivity index (χ0v) is 18.1. The first-order valence-corrected chi connectivity index (χ1v) is 11.2. The van der Waals surface area contributed by atoms with Gasteiger partial charge in [-0.05, 0) is 68.7 Å². The fourth-order valence-electron chi connectivity index (χ4n) is 4.40. The minimum absolute atomic E-state index is 0.879. The molecule has 4 aromatic carbocycles. The van der Waals surface area contributed by atoms with Crippen LogP contribution in [0.25, 0.3) is 54.4 Å². The molecule has 0 amide bonds. The molecule has 6 aromatic rings. The number of rotatable bonds is 2. The molecule has 0 saturated heterocycles. The molecule has 0 fully saturated rings. The summed E-state index contributed by atoms with van der Waals surface area (Å²) in [6.45, 7) is 2.18. The number of aromatic nitrogens is 3. The largest absolute Gasteiger partial charge is 0.351 e. The normalized spacial score (nSPS) is 11.5. The fraction of sp³-hybridized carbons (Fsp3) is 0.0741. The van der Waals surface area contributed by atoms with Gasteiger partial charge in [0.1, 0.15) is 7.05 Å².